The Balaban J connectivity index is 2.16. The highest BCUT2D eigenvalue weighted by Crippen LogP contribution is 2.17. The van der Waals surface area contributed by atoms with Crippen LogP contribution in [-0.2, 0) is 22.6 Å². The number of hydrogen-bond acceptors (Lipinski definition) is 6. The molecule has 0 aliphatic carbocycles. The Morgan fingerprint density at radius 2 is 1.88 bits per heavy atom. The molecule has 0 atom stereocenters. The lowest BCUT2D eigenvalue weighted by molar-refractivity contribution is 0.0601. The van der Waals surface area contributed by atoms with Crippen LogP contribution in [-0.4, -0.2) is 45.9 Å². The maximum absolute atomic E-state index is 12.8. The van der Waals surface area contributed by atoms with Gasteiger partial charge in [-0.2, -0.15) is 0 Å². The maximum atomic E-state index is 12.8. The fraction of sp³-hybridized carbons (Fsp3) is 0.294. The second-order valence-electron chi connectivity index (χ2n) is 5.37. The molecular weight excluding hydrogens is 324 g/mol. The molecule has 0 N–H and O–H groups in total. The highest BCUT2D eigenvalue weighted by molar-refractivity contribution is 5.93. The van der Waals surface area contributed by atoms with E-state index in [0.29, 0.717) is 35.6 Å². The van der Waals surface area contributed by atoms with Crippen molar-refractivity contribution in [3.63, 3.8) is 0 Å². The van der Waals surface area contributed by atoms with Gasteiger partial charge in [-0.25, -0.2) is 19.6 Å². The molecule has 8 heteroatoms. The van der Waals surface area contributed by atoms with E-state index in [4.69, 9.17) is 9.47 Å². The summed E-state index contributed by atoms with van der Waals surface area (Å²) in [6.45, 7) is 1.02. The predicted octanol–water partition coefficient (Wildman–Crippen LogP) is 1.07. The Hall–Kier alpha value is -3.00. The van der Waals surface area contributed by atoms with E-state index >= 15 is 0 Å². The zero-order valence-corrected chi connectivity index (χ0v) is 14.0. The van der Waals surface area contributed by atoms with Gasteiger partial charge in [0, 0.05) is 19.5 Å². The second-order valence-corrected chi connectivity index (χ2v) is 5.37. The third-order valence-corrected chi connectivity index (χ3v) is 3.88. The number of ether oxygens (including phenoxy) is 2. The van der Waals surface area contributed by atoms with Crippen LogP contribution in [0.5, 0.6) is 0 Å². The topological polar surface area (TPSA) is 88.2 Å². The summed E-state index contributed by atoms with van der Waals surface area (Å²) in [5.74, 6) is 0.0559. The molecule has 130 valence electrons. The average Bonchev–Trinajstić information content (AvgIpc) is 2.91. The summed E-state index contributed by atoms with van der Waals surface area (Å²) in [5.41, 5.74) is 1.50. The van der Waals surface area contributed by atoms with E-state index < -0.39 is 5.97 Å². The van der Waals surface area contributed by atoms with E-state index in [1.807, 2.05) is 0 Å². The molecule has 2 aromatic heterocycles. The number of nitrogens with zero attached hydrogens (tertiary/aromatic N) is 4. The van der Waals surface area contributed by atoms with Gasteiger partial charge in [0.05, 0.1) is 43.4 Å². The number of fused-ring (bicyclic) bond motifs is 1. The number of carbonyl (C=O) groups is 1. The number of imidazole rings is 1. The summed E-state index contributed by atoms with van der Waals surface area (Å²) in [5, 5.41) is 0. The van der Waals surface area contributed by atoms with Crippen molar-refractivity contribution in [1.29, 1.82) is 0 Å². The van der Waals surface area contributed by atoms with Crippen LogP contribution in [0.2, 0.25) is 0 Å². The van der Waals surface area contributed by atoms with Crippen molar-refractivity contribution in [2.24, 2.45) is 0 Å². The molecule has 0 unspecified atom stereocenters. The first kappa shape index (κ1) is 16.8. The van der Waals surface area contributed by atoms with E-state index in [9.17, 15) is 9.59 Å². The van der Waals surface area contributed by atoms with Gasteiger partial charge in [-0.15, -0.1) is 0 Å². The number of methoxy groups -OCH3 is 2. The van der Waals surface area contributed by atoms with Crippen LogP contribution in [0.3, 0.4) is 0 Å². The van der Waals surface area contributed by atoms with E-state index in [1.54, 1.807) is 52.9 Å². The molecule has 1 aromatic carbocycles. The molecule has 25 heavy (non-hydrogen) atoms. The van der Waals surface area contributed by atoms with Crippen LogP contribution in [0, 0.1) is 0 Å². The molecule has 0 aliphatic rings. The molecule has 0 radical (unpaired) electrons. The molecule has 0 bridgehead atoms. The summed E-state index contributed by atoms with van der Waals surface area (Å²) < 4.78 is 13.0. The first-order valence-electron chi connectivity index (χ1n) is 7.72. The molecule has 3 rings (SSSR count). The second kappa shape index (κ2) is 7.27. The molecule has 0 fully saturated rings. The van der Waals surface area contributed by atoms with Crippen molar-refractivity contribution in [2.75, 3.05) is 20.8 Å². The van der Waals surface area contributed by atoms with Crippen LogP contribution in [0.25, 0.3) is 11.0 Å². The Labute approximate surface area is 143 Å². The zero-order valence-electron chi connectivity index (χ0n) is 14.0. The van der Waals surface area contributed by atoms with E-state index in [-0.39, 0.29) is 12.2 Å². The van der Waals surface area contributed by atoms with Crippen molar-refractivity contribution < 1.29 is 14.3 Å². The number of rotatable bonds is 6. The molecule has 3 aromatic rings. The van der Waals surface area contributed by atoms with Gasteiger partial charge in [0.25, 0.3) is 0 Å². The quantitative estimate of drug-likeness (QED) is 0.623. The fourth-order valence-corrected chi connectivity index (χ4v) is 2.67. The van der Waals surface area contributed by atoms with E-state index in [1.165, 1.54) is 7.11 Å². The summed E-state index contributed by atoms with van der Waals surface area (Å²) in [6, 6.07) is 6.74. The van der Waals surface area contributed by atoms with Crippen molar-refractivity contribution in [1.82, 2.24) is 19.1 Å². The van der Waals surface area contributed by atoms with Crippen LogP contribution in [0.15, 0.2) is 41.5 Å². The summed E-state index contributed by atoms with van der Waals surface area (Å²) in [4.78, 5) is 33.0. The molecule has 8 nitrogen and oxygen atoms in total. The molecule has 0 saturated carbocycles. The fourth-order valence-electron chi connectivity index (χ4n) is 2.67. The normalized spacial score (nSPS) is 11.0. The minimum Gasteiger partial charge on any atom is -0.465 e. The van der Waals surface area contributed by atoms with Crippen LogP contribution < -0.4 is 5.69 Å². The van der Waals surface area contributed by atoms with Gasteiger partial charge in [-0.05, 0) is 24.3 Å². The molecule has 0 amide bonds. The first-order chi connectivity index (χ1) is 12.2. The van der Waals surface area contributed by atoms with Crippen molar-refractivity contribution in [2.45, 2.75) is 13.1 Å². The van der Waals surface area contributed by atoms with E-state index in [0.717, 1.165) is 0 Å². The predicted molar refractivity (Wildman–Crippen MR) is 90.5 cm³/mol. The van der Waals surface area contributed by atoms with Crippen molar-refractivity contribution in [3.8, 4) is 0 Å². The highest BCUT2D eigenvalue weighted by Gasteiger charge is 2.16. The van der Waals surface area contributed by atoms with Crippen molar-refractivity contribution in [3.05, 3.63) is 58.5 Å². The summed E-state index contributed by atoms with van der Waals surface area (Å²) in [6.07, 6.45) is 3.24. The highest BCUT2D eigenvalue weighted by atomic mass is 16.5. The summed E-state index contributed by atoms with van der Waals surface area (Å²) in [7, 11) is 2.90. The first-order valence-corrected chi connectivity index (χ1v) is 7.72. The number of esters is 1. The molecule has 2 heterocycles. The third-order valence-electron chi connectivity index (χ3n) is 3.88. The molecular formula is C17H18N4O4. The van der Waals surface area contributed by atoms with Crippen LogP contribution >= 0.6 is 0 Å². The standard InChI is InChI=1S/C17H18N4O4/c1-24-9-8-20-13-5-4-12(16(22)25-2)10-14(13)21(17(20)23)11-15-18-6-3-7-19-15/h3-7,10H,8-9,11H2,1-2H3. The molecule has 0 saturated heterocycles. The number of aromatic nitrogens is 4. The molecule has 0 aliphatic heterocycles. The van der Waals surface area contributed by atoms with Gasteiger partial charge < -0.3 is 9.47 Å². The van der Waals surface area contributed by atoms with Crippen LogP contribution in [0.1, 0.15) is 16.2 Å². The lowest BCUT2D eigenvalue weighted by Gasteiger charge is -2.04. The van der Waals surface area contributed by atoms with Crippen LogP contribution in [0.4, 0.5) is 0 Å². The minimum absolute atomic E-state index is 0.207. The average molecular weight is 342 g/mol. The van der Waals surface area contributed by atoms with Gasteiger partial charge >= 0.3 is 11.7 Å². The van der Waals surface area contributed by atoms with Gasteiger partial charge in [0.1, 0.15) is 5.82 Å². The Kier molecular flexibility index (Phi) is 4.90. The number of carbonyl (C=O) groups excluding carboxylic acids is 1. The maximum Gasteiger partial charge on any atom is 0.337 e. The number of benzene rings is 1. The summed E-state index contributed by atoms with van der Waals surface area (Å²) >= 11 is 0. The smallest absolute Gasteiger partial charge is 0.337 e. The Bertz CT molecular complexity index is 946. The van der Waals surface area contributed by atoms with Gasteiger partial charge in [-0.1, -0.05) is 0 Å². The monoisotopic (exact) mass is 342 g/mol. The Morgan fingerprint density at radius 1 is 1.12 bits per heavy atom. The minimum atomic E-state index is -0.457. The van der Waals surface area contributed by atoms with Crippen molar-refractivity contribution >= 4 is 17.0 Å². The van der Waals surface area contributed by atoms with Gasteiger partial charge in [0.15, 0.2) is 0 Å². The largest absolute Gasteiger partial charge is 0.465 e. The lowest BCUT2D eigenvalue weighted by Crippen LogP contribution is -2.26. The zero-order chi connectivity index (χ0) is 17.8. The number of hydrogen-bond donors (Lipinski definition) is 0. The third kappa shape index (κ3) is 3.29. The SMILES string of the molecule is COCCn1c(=O)n(Cc2ncccn2)c2cc(C(=O)OC)ccc21. The van der Waals surface area contributed by atoms with E-state index in [2.05, 4.69) is 9.97 Å². The Morgan fingerprint density at radius 3 is 2.56 bits per heavy atom. The van der Waals surface area contributed by atoms with Gasteiger partial charge in [0.2, 0.25) is 0 Å². The van der Waals surface area contributed by atoms with Gasteiger partial charge in [-0.3, -0.25) is 9.13 Å². The lowest BCUT2D eigenvalue weighted by atomic mass is 10.2. The molecule has 0 spiro atoms.